The van der Waals surface area contributed by atoms with Gasteiger partial charge in [-0.3, -0.25) is 4.79 Å². The molecular weight excluding hydrogens is 474 g/mol. The molecule has 2 aliphatic rings. The van der Waals surface area contributed by atoms with Gasteiger partial charge in [0.25, 0.3) is 5.91 Å². The molecule has 3 aromatic rings. The van der Waals surface area contributed by atoms with E-state index < -0.39 is 12.0 Å². The minimum Gasteiger partial charge on any atom is -0.480 e. The number of amides is 3. The van der Waals surface area contributed by atoms with Crippen LogP contribution in [0.1, 0.15) is 52.1 Å². The molecule has 178 valence electrons. The summed E-state index contributed by atoms with van der Waals surface area (Å²) in [5, 5.41) is 15.9. The predicted molar refractivity (Wildman–Crippen MR) is 131 cm³/mol. The first kappa shape index (κ1) is 22.7. The van der Waals surface area contributed by atoms with Gasteiger partial charge in [0.05, 0.1) is 20.2 Å². The number of carbonyl (C=O) groups is 3. The lowest BCUT2D eigenvalue weighted by Gasteiger charge is -2.31. The van der Waals surface area contributed by atoms with Crippen LogP contribution < -0.4 is 5.32 Å². The Bertz CT molecular complexity index is 1250. The number of aryl methyl sites for hydroxylation is 1. The number of nitrogens with zero attached hydrogens (tertiary/aromatic N) is 4. The zero-order chi connectivity index (χ0) is 23.8. The molecule has 0 bridgehead atoms. The van der Waals surface area contributed by atoms with Crippen LogP contribution in [0, 0.1) is 6.92 Å². The number of hydrogen-bond donors (Lipinski definition) is 2. The molecule has 0 spiro atoms. The molecule has 0 unspecified atom stereocenters. The lowest BCUT2D eigenvalue weighted by Crippen LogP contribution is -2.41. The van der Waals surface area contributed by atoms with Crippen LogP contribution in [0.4, 0.5) is 10.5 Å². The van der Waals surface area contributed by atoms with Gasteiger partial charge in [-0.05, 0) is 50.8 Å². The predicted octanol–water partition coefficient (Wildman–Crippen LogP) is 4.16. The number of carboxylic acids is 1. The van der Waals surface area contributed by atoms with E-state index in [1.807, 2.05) is 25.1 Å². The zero-order valence-corrected chi connectivity index (χ0v) is 20.3. The lowest BCUT2D eigenvalue weighted by molar-refractivity contribution is -0.141. The molecule has 1 aromatic carbocycles. The maximum absolute atomic E-state index is 12.8. The average molecular weight is 500 g/mol. The van der Waals surface area contributed by atoms with Crippen molar-refractivity contribution in [2.24, 2.45) is 0 Å². The molecule has 2 N–H and O–H groups in total. The molecule has 1 atom stereocenters. The topological polar surface area (TPSA) is 116 Å². The smallest absolute Gasteiger partial charge is 0.326 e. The van der Waals surface area contributed by atoms with Crippen molar-refractivity contribution in [2.45, 2.75) is 44.6 Å². The number of anilines is 1. The number of aliphatic carboxylic acids is 1. The number of hydrogen-bond acceptors (Lipinski definition) is 7. The third-order valence-corrected chi connectivity index (χ3v) is 8.38. The molecule has 34 heavy (non-hydrogen) atoms. The van der Waals surface area contributed by atoms with E-state index in [-0.39, 0.29) is 17.9 Å². The number of carbonyl (C=O) groups excluding carboxylic acids is 2. The number of fused-ring (bicyclic) bond motifs is 1. The molecule has 0 aliphatic carbocycles. The lowest BCUT2D eigenvalue weighted by atomic mass is 9.98. The number of nitrogens with one attached hydrogen (secondary N) is 1. The zero-order valence-electron chi connectivity index (χ0n) is 18.7. The highest BCUT2D eigenvalue weighted by atomic mass is 32.1. The largest absolute Gasteiger partial charge is 0.480 e. The Morgan fingerprint density at radius 2 is 1.91 bits per heavy atom. The van der Waals surface area contributed by atoms with Gasteiger partial charge in [0, 0.05) is 36.6 Å². The molecule has 2 saturated heterocycles. The van der Waals surface area contributed by atoms with Crippen molar-refractivity contribution < 1.29 is 19.5 Å². The molecule has 2 aliphatic heterocycles. The summed E-state index contributed by atoms with van der Waals surface area (Å²) in [7, 11) is 0. The number of carboxylic acid groups (broad SMARTS) is 1. The maximum atomic E-state index is 12.8. The molecule has 0 saturated carbocycles. The van der Waals surface area contributed by atoms with Crippen molar-refractivity contribution in [2.75, 3.05) is 25.0 Å². The monoisotopic (exact) mass is 499 g/mol. The first-order chi connectivity index (χ1) is 16.4. The number of urea groups is 1. The van der Waals surface area contributed by atoms with Crippen LogP contribution in [0.2, 0.25) is 0 Å². The van der Waals surface area contributed by atoms with Crippen molar-refractivity contribution in [1.29, 1.82) is 0 Å². The summed E-state index contributed by atoms with van der Waals surface area (Å²) in [6.07, 6.45) is 2.70. The van der Waals surface area contributed by atoms with Crippen LogP contribution in [0.25, 0.3) is 10.2 Å². The van der Waals surface area contributed by atoms with Crippen LogP contribution >= 0.6 is 22.7 Å². The molecule has 2 aromatic heterocycles. The Labute approximate surface area is 204 Å². The van der Waals surface area contributed by atoms with Crippen LogP contribution in [0.3, 0.4) is 0 Å². The van der Waals surface area contributed by atoms with E-state index >= 15 is 0 Å². The second kappa shape index (κ2) is 9.30. The Morgan fingerprint density at radius 3 is 2.68 bits per heavy atom. The number of aromatic nitrogens is 2. The Kier molecular flexibility index (Phi) is 6.22. The Morgan fingerprint density at radius 1 is 1.12 bits per heavy atom. The summed E-state index contributed by atoms with van der Waals surface area (Å²) in [6, 6.07) is 4.87. The third-order valence-electron chi connectivity index (χ3n) is 6.42. The number of benzene rings is 1. The molecule has 5 rings (SSSR count). The normalized spacial score (nSPS) is 19.0. The summed E-state index contributed by atoms with van der Waals surface area (Å²) in [5.41, 5.74) is 1.94. The summed E-state index contributed by atoms with van der Waals surface area (Å²) in [6.45, 7) is 3.62. The molecule has 4 heterocycles. The maximum Gasteiger partial charge on any atom is 0.326 e. The highest BCUT2D eigenvalue weighted by Gasteiger charge is 2.36. The van der Waals surface area contributed by atoms with Crippen molar-refractivity contribution in [3.63, 3.8) is 0 Å². The standard InChI is InChI=1S/C23H25N5O4S2/c1-13-24-16-11-15(4-5-19(16)34-13)25-23(32)27-9-6-14(7-10-27)20-26-17(12-33-20)21(29)28-8-2-3-18(28)22(30)31/h4-5,11-12,14,18H,2-3,6-10H2,1H3,(H,25,32)(H,30,31)/t18-/m1/s1. The molecule has 2 fully saturated rings. The van der Waals surface area contributed by atoms with Gasteiger partial charge in [-0.1, -0.05) is 0 Å². The van der Waals surface area contributed by atoms with Gasteiger partial charge in [0.2, 0.25) is 0 Å². The number of piperidine rings is 1. The second-order valence-electron chi connectivity index (χ2n) is 8.67. The van der Waals surface area contributed by atoms with E-state index in [4.69, 9.17) is 0 Å². The summed E-state index contributed by atoms with van der Waals surface area (Å²) >= 11 is 3.07. The van der Waals surface area contributed by atoms with Gasteiger partial charge in [-0.25, -0.2) is 19.6 Å². The second-order valence-corrected chi connectivity index (χ2v) is 10.8. The number of thiazole rings is 2. The van der Waals surface area contributed by atoms with Gasteiger partial charge >= 0.3 is 12.0 Å². The fraction of sp³-hybridized carbons (Fsp3) is 0.435. The van der Waals surface area contributed by atoms with Gasteiger partial charge in [-0.2, -0.15) is 0 Å². The van der Waals surface area contributed by atoms with Gasteiger partial charge in [0.15, 0.2) is 0 Å². The first-order valence-electron chi connectivity index (χ1n) is 11.3. The fourth-order valence-electron chi connectivity index (χ4n) is 4.64. The number of rotatable bonds is 4. The number of likely N-dealkylation sites (tertiary alicyclic amines) is 2. The van der Waals surface area contributed by atoms with Gasteiger partial charge in [0.1, 0.15) is 11.7 Å². The molecule has 3 amide bonds. The van der Waals surface area contributed by atoms with Crippen molar-refractivity contribution in [3.05, 3.63) is 39.3 Å². The Balaban J connectivity index is 1.17. The van der Waals surface area contributed by atoms with Crippen LogP contribution in [0.15, 0.2) is 23.6 Å². The van der Waals surface area contributed by atoms with E-state index in [1.165, 1.54) is 16.2 Å². The minimum absolute atomic E-state index is 0.131. The van der Waals surface area contributed by atoms with E-state index in [0.717, 1.165) is 38.8 Å². The van der Waals surface area contributed by atoms with Crippen LogP contribution in [-0.4, -0.2) is 68.5 Å². The van der Waals surface area contributed by atoms with E-state index in [0.29, 0.717) is 38.2 Å². The van der Waals surface area contributed by atoms with E-state index in [9.17, 15) is 19.5 Å². The molecular formula is C23H25N5O4S2. The SMILES string of the molecule is Cc1nc2cc(NC(=O)N3CCC(c4nc(C(=O)N5CCC[C@@H]5C(=O)O)cs4)CC3)ccc2s1. The summed E-state index contributed by atoms with van der Waals surface area (Å²) in [5.74, 6) is -1.09. The van der Waals surface area contributed by atoms with Crippen molar-refractivity contribution in [3.8, 4) is 0 Å². The van der Waals surface area contributed by atoms with Gasteiger partial charge < -0.3 is 20.2 Å². The summed E-state index contributed by atoms with van der Waals surface area (Å²) in [4.78, 5) is 49.2. The first-order valence-corrected chi connectivity index (χ1v) is 13.0. The van der Waals surface area contributed by atoms with E-state index in [2.05, 4.69) is 15.3 Å². The van der Waals surface area contributed by atoms with Gasteiger partial charge in [-0.15, -0.1) is 22.7 Å². The Hall–Kier alpha value is -3.05. The van der Waals surface area contributed by atoms with E-state index in [1.54, 1.807) is 21.6 Å². The van der Waals surface area contributed by atoms with Crippen LogP contribution in [0.5, 0.6) is 0 Å². The highest BCUT2D eigenvalue weighted by Crippen LogP contribution is 2.32. The fourth-order valence-corrected chi connectivity index (χ4v) is 6.41. The average Bonchev–Trinajstić information content (AvgIpc) is 3.57. The molecule has 9 nitrogen and oxygen atoms in total. The highest BCUT2D eigenvalue weighted by molar-refractivity contribution is 7.18. The molecule has 11 heteroatoms. The van der Waals surface area contributed by atoms with Crippen molar-refractivity contribution in [1.82, 2.24) is 19.8 Å². The van der Waals surface area contributed by atoms with Crippen LogP contribution in [-0.2, 0) is 4.79 Å². The quantitative estimate of drug-likeness (QED) is 0.557. The molecule has 0 radical (unpaired) electrons. The summed E-state index contributed by atoms with van der Waals surface area (Å²) < 4.78 is 1.10. The minimum atomic E-state index is -0.964. The van der Waals surface area contributed by atoms with Crippen molar-refractivity contribution >= 4 is 56.5 Å². The third kappa shape index (κ3) is 4.49.